The van der Waals surface area contributed by atoms with E-state index in [4.69, 9.17) is 14.2 Å². The Bertz CT molecular complexity index is 725. The highest BCUT2D eigenvalue weighted by atomic mass is 16.5. The van der Waals surface area contributed by atoms with Crippen LogP contribution in [-0.4, -0.2) is 23.9 Å². The van der Waals surface area contributed by atoms with Crippen molar-refractivity contribution in [1.82, 2.24) is 0 Å². The quantitative estimate of drug-likeness (QED) is 0.843. The number of rotatable bonds is 1. The van der Waals surface area contributed by atoms with Gasteiger partial charge in [0.15, 0.2) is 11.5 Å². The molecule has 2 aromatic carbocycles. The van der Waals surface area contributed by atoms with Crippen LogP contribution in [0.5, 0.6) is 28.7 Å². The topological polar surface area (TPSA) is 68.2 Å². The Balaban J connectivity index is 1.81. The predicted molar refractivity (Wildman–Crippen MR) is 74.4 cm³/mol. The number of hydrogen-bond acceptors (Lipinski definition) is 5. The summed E-state index contributed by atoms with van der Waals surface area (Å²) in [6, 6.07) is 8.61. The van der Waals surface area contributed by atoms with Crippen LogP contribution in [-0.2, 0) is 0 Å². The van der Waals surface area contributed by atoms with Gasteiger partial charge in [-0.1, -0.05) is 6.07 Å². The molecule has 2 unspecified atom stereocenters. The second-order valence-corrected chi connectivity index (χ2v) is 5.21. The van der Waals surface area contributed by atoms with Gasteiger partial charge in [0.05, 0.1) is 19.6 Å². The Morgan fingerprint density at radius 1 is 1.14 bits per heavy atom. The van der Waals surface area contributed by atoms with E-state index in [-0.39, 0.29) is 23.5 Å². The molecule has 2 heterocycles. The molecule has 0 fully saturated rings. The zero-order valence-electron chi connectivity index (χ0n) is 11.4. The summed E-state index contributed by atoms with van der Waals surface area (Å²) in [6.45, 7) is 0.444. The van der Waals surface area contributed by atoms with Crippen molar-refractivity contribution >= 4 is 0 Å². The van der Waals surface area contributed by atoms with E-state index in [1.165, 1.54) is 7.11 Å². The third-order valence-electron chi connectivity index (χ3n) is 4.08. The van der Waals surface area contributed by atoms with E-state index in [1.807, 2.05) is 6.07 Å². The van der Waals surface area contributed by atoms with E-state index >= 15 is 0 Å². The van der Waals surface area contributed by atoms with Gasteiger partial charge < -0.3 is 24.4 Å². The van der Waals surface area contributed by atoms with Crippen LogP contribution >= 0.6 is 0 Å². The maximum atomic E-state index is 10.2. The molecule has 21 heavy (non-hydrogen) atoms. The molecular weight excluding hydrogens is 272 g/mol. The summed E-state index contributed by atoms with van der Waals surface area (Å²) in [5.74, 6) is 1.66. The van der Waals surface area contributed by atoms with Crippen molar-refractivity contribution in [1.29, 1.82) is 0 Å². The summed E-state index contributed by atoms with van der Waals surface area (Å²) < 4.78 is 16.8. The van der Waals surface area contributed by atoms with Gasteiger partial charge in [-0.15, -0.1) is 0 Å². The smallest absolute Gasteiger partial charge is 0.201 e. The van der Waals surface area contributed by atoms with E-state index in [1.54, 1.807) is 24.3 Å². The first kappa shape index (κ1) is 12.2. The van der Waals surface area contributed by atoms with Gasteiger partial charge in [0.1, 0.15) is 17.6 Å². The lowest BCUT2D eigenvalue weighted by Crippen LogP contribution is -2.22. The summed E-state index contributed by atoms with van der Waals surface area (Å²) in [7, 11) is 1.50. The molecule has 5 nitrogen and oxygen atoms in total. The van der Waals surface area contributed by atoms with E-state index in [2.05, 4.69) is 0 Å². The first-order valence-corrected chi connectivity index (χ1v) is 6.71. The van der Waals surface area contributed by atoms with Crippen LogP contribution in [0.2, 0.25) is 0 Å². The molecule has 5 heteroatoms. The average molecular weight is 286 g/mol. The van der Waals surface area contributed by atoms with Crippen LogP contribution in [0.15, 0.2) is 30.3 Å². The number of fused-ring (bicyclic) bond motifs is 5. The molecule has 0 spiro atoms. The average Bonchev–Trinajstić information content (AvgIpc) is 2.87. The summed E-state index contributed by atoms with van der Waals surface area (Å²) in [5.41, 5.74) is 1.79. The Labute approximate surface area is 121 Å². The lowest BCUT2D eigenvalue weighted by molar-refractivity contribution is 0.136. The molecule has 0 radical (unpaired) electrons. The minimum Gasteiger partial charge on any atom is -0.508 e. The van der Waals surface area contributed by atoms with Crippen LogP contribution in [0, 0.1) is 0 Å². The molecule has 2 N–H and O–H groups in total. The van der Waals surface area contributed by atoms with E-state index in [0.717, 1.165) is 11.1 Å². The lowest BCUT2D eigenvalue weighted by atomic mass is 9.89. The Morgan fingerprint density at radius 2 is 1.95 bits per heavy atom. The van der Waals surface area contributed by atoms with Gasteiger partial charge in [-0.25, -0.2) is 0 Å². The van der Waals surface area contributed by atoms with Gasteiger partial charge in [0.2, 0.25) is 5.75 Å². The zero-order valence-corrected chi connectivity index (χ0v) is 11.4. The van der Waals surface area contributed by atoms with Crippen molar-refractivity contribution < 1.29 is 24.4 Å². The fourth-order valence-electron chi connectivity index (χ4n) is 3.04. The highest BCUT2D eigenvalue weighted by Crippen LogP contribution is 2.55. The highest BCUT2D eigenvalue weighted by molar-refractivity contribution is 5.60. The molecule has 0 aliphatic carbocycles. The van der Waals surface area contributed by atoms with Crippen LogP contribution in [0.1, 0.15) is 23.1 Å². The summed E-state index contributed by atoms with van der Waals surface area (Å²) in [6.07, 6.45) is -0.220. The number of benzene rings is 2. The van der Waals surface area contributed by atoms with Crippen LogP contribution in [0.3, 0.4) is 0 Å². The van der Waals surface area contributed by atoms with E-state index in [9.17, 15) is 10.2 Å². The molecule has 0 aromatic heterocycles. The highest BCUT2D eigenvalue weighted by Gasteiger charge is 2.42. The number of methoxy groups -OCH3 is 1. The Kier molecular flexibility index (Phi) is 2.45. The summed E-state index contributed by atoms with van der Waals surface area (Å²) in [4.78, 5) is 0. The minimum absolute atomic E-state index is 0.0183. The number of phenolic OH excluding ortho intramolecular Hbond substituents is 2. The van der Waals surface area contributed by atoms with Gasteiger partial charge in [0, 0.05) is 17.2 Å². The largest absolute Gasteiger partial charge is 0.508 e. The Hall–Kier alpha value is -2.56. The lowest BCUT2D eigenvalue weighted by Gasteiger charge is -2.27. The van der Waals surface area contributed by atoms with E-state index < -0.39 is 0 Å². The molecule has 2 aliphatic heterocycles. The minimum atomic E-state index is -0.220. The van der Waals surface area contributed by atoms with Crippen molar-refractivity contribution in [2.24, 2.45) is 0 Å². The monoisotopic (exact) mass is 286 g/mol. The number of aromatic hydroxyl groups is 2. The van der Waals surface area contributed by atoms with Gasteiger partial charge >= 0.3 is 0 Å². The van der Waals surface area contributed by atoms with Crippen LogP contribution < -0.4 is 14.2 Å². The number of phenols is 2. The second-order valence-electron chi connectivity index (χ2n) is 5.21. The molecule has 2 aromatic rings. The van der Waals surface area contributed by atoms with Crippen LogP contribution in [0.4, 0.5) is 0 Å². The van der Waals surface area contributed by atoms with Gasteiger partial charge in [-0.05, 0) is 18.2 Å². The van der Waals surface area contributed by atoms with Gasteiger partial charge in [-0.2, -0.15) is 0 Å². The first-order chi connectivity index (χ1) is 10.2. The van der Waals surface area contributed by atoms with Crippen molar-refractivity contribution in [3.63, 3.8) is 0 Å². The molecule has 2 atom stereocenters. The molecule has 4 rings (SSSR count). The second kappa shape index (κ2) is 4.22. The molecular formula is C16H14O5. The van der Waals surface area contributed by atoms with Crippen molar-refractivity contribution in [3.05, 3.63) is 41.5 Å². The van der Waals surface area contributed by atoms with Crippen molar-refractivity contribution in [2.45, 2.75) is 12.0 Å². The van der Waals surface area contributed by atoms with Crippen molar-refractivity contribution in [2.75, 3.05) is 13.7 Å². The van der Waals surface area contributed by atoms with Crippen molar-refractivity contribution in [3.8, 4) is 28.7 Å². The van der Waals surface area contributed by atoms with Gasteiger partial charge in [-0.3, -0.25) is 0 Å². The van der Waals surface area contributed by atoms with Gasteiger partial charge in [0.25, 0.3) is 0 Å². The SMILES string of the molecule is COc1ccc2c(c1O)OC1c3ccc(O)cc3OCC21. The molecule has 0 saturated heterocycles. The fraction of sp³-hybridized carbons (Fsp3) is 0.250. The third-order valence-corrected chi connectivity index (χ3v) is 4.08. The standard InChI is InChI=1S/C16H14O5/c1-19-12-5-4-9-11-7-20-13-6-8(17)2-3-10(13)15(11)21-16(9)14(12)18/h2-6,11,15,17-18H,7H2,1H3. The molecule has 108 valence electrons. The maximum absolute atomic E-state index is 10.2. The number of hydrogen-bond donors (Lipinski definition) is 2. The summed E-state index contributed by atoms with van der Waals surface area (Å²) >= 11 is 0. The fourth-order valence-corrected chi connectivity index (χ4v) is 3.04. The zero-order chi connectivity index (χ0) is 14.6. The molecule has 0 amide bonds. The molecule has 2 aliphatic rings. The molecule has 0 bridgehead atoms. The molecule has 0 saturated carbocycles. The van der Waals surface area contributed by atoms with Crippen LogP contribution in [0.25, 0.3) is 0 Å². The normalized spacial score (nSPS) is 21.6. The Morgan fingerprint density at radius 3 is 2.76 bits per heavy atom. The predicted octanol–water partition coefficient (Wildman–Crippen LogP) is 2.72. The summed E-state index contributed by atoms with van der Waals surface area (Å²) in [5, 5.41) is 19.8. The third kappa shape index (κ3) is 1.63. The first-order valence-electron chi connectivity index (χ1n) is 6.71. The maximum Gasteiger partial charge on any atom is 0.201 e. The number of ether oxygens (including phenoxy) is 3. The van der Waals surface area contributed by atoms with E-state index in [0.29, 0.717) is 23.9 Å².